The lowest BCUT2D eigenvalue weighted by atomic mass is 9.99. The van der Waals surface area contributed by atoms with Gasteiger partial charge >= 0.3 is 0 Å². The molecule has 0 N–H and O–H groups in total. The molecule has 1 fully saturated rings. The Balaban J connectivity index is 1.85. The molecular formula is C20H32O4S. The number of sulfone groups is 1. The summed E-state index contributed by atoms with van der Waals surface area (Å²) in [6, 6.07) is 8.70. The number of hydrogen-bond donors (Lipinski definition) is 0. The van der Waals surface area contributed by atoms with E-state index in [1.165, 1.54) is 6.42 Å². The molecule has 1 aromatic carbocycles. The Labute approximate surface area is 152 Å². The molecule has 1 aliphatic rings. The first-order chi connectivity index (χ1) is 11.9. The van der Waals surface area contributed by atoms with E-state index in [1.54, 1.807) is 24.3 Å². The van der Waals surface area contributed by atoms with Crippen LogP contribution in [0.25, 0.3) is 0 Å². The van der Waals surface area contributed by atoms with E-state index < -0.39 is 9.84 Å². The van der Waals surface area contributed by atoms with Crippen LogP contribution in [-0.4, -0.2) is 39.6 Å². The molecule has 4 nitrogen and oxygen atoms in total. The molecule has 0 aromatic heterocycles. The highest BCUT2D eigenvalue weighted by molar-refractivity contribution is 7.91. The Kier molecular flexibility index (Phi) is 7.91. The van der Waals surface area contributed by atoms with Crippen molar-refractivity contribution in [1.82, 2.24) is 0 Å². The predicted octanol–water partition coefficient (Wildman–Crippen LogP) is 4.10. The smallest absolute Gasteiger partial charge is 0.178 e. The van der Waals surface area contributed by atoms with Crippen LogP contribution in [0, 0.1) is 11.8 Å². The highest BCUT2D eigenvalue weighted by atomic mass is 32.2. The summed E-state index contributed by atoms with van der Waals surface area (Å²) >= 11 is 0. The van der Waals surface area contributed by atoms with E-state index in [-0.39, 0.29) is 23.9 Å². The van der Waals surface area contributed by atoms with Crippen LogP contribution >= 0.6 is 0 Å². The minimum absolute atomic E-state index is 0.0305. The SMILES string of the molecule is CC[C@H](C)CCOC(C)C[C@@H]1OCC[C@H]1CS(=O)(=O)c1ccccc1. The van der Waals surface area contributed by atoms with Crippen LogP contribution < -0.4 is 0 Å². The Morgan fingerprint density at radius 1 is 1.24 bits per heavy atom. The number of ether oxygens (including phenoxy) is 2. The predicted molar refractivity (Wildman–Crippen MR) is 100 cm³/mol. The van der Waals surface area contributed by atoms with E-state index in [9.17, 15) is 8.42 Å². The molecule has 0 saturated carbocycles. The van der Waals surface area contributed by atoms with Gasteiger partial charge in [-0.15, -0.1) is 0 Å². The molecule has 25 heavy (non-hydrogen) atoms. The van der Waals surface area contributed by atoms with Crippen molar-refractivity contribution < 1.29 is 17.9 Å². The first-order valence-electron chi connectivity index (χ1n) is 9.43. The first kappa shape index (κ1) is 20.4. The van der Waals surface area contributed by atoms with Gasteiger partial charge in [0.15, 0.2) is 9.84 Å². The molecule has 0 aliphatic carbocycles. The fourth-order valence-electron chi connectivity index (χ4n) is 3.22. The molecule has 5 heteroatoms. The second-order valence-electron chi connectivity index (χ2n) is 7.27. The summed E-state index contributed by atoms with van der Waals surface area (Å²) < 4.78 is 37.0. The second-order valence-corrected chi connectivity index (χ2v) is 9.31. The zero-order chi connectivity index (χ0) is 18.3. The van der Waals surface area contributed by atoms with Crippen molar-refractivity contribution in [3.8, 4) is 0 Å². The lowest BCUT2D eigenvalue weighted by Gasteiger charge is -2.22. The summed E-state index contributed by atoms with van der Waals surface area (Å²) in [6.45, 7) is 7.88. The first-order valence-corrected chi connectivity index (χ1v) is 11.1. The maximum Gasteiger partial charge on any atom is 0.178 e. The van der Waals surface area contributed by atoms with Gasteiger partial charge < -0.3 is 9.47 Å². The standard InChI is InChI=1S/C20H32O4S/c1-4-16(2)10-12-23-17(3)14-20-18(11-13-24-20)15-25(21,22)19-8-6-5-7-9-19/h5-9,16-18,20H,4,10-15H2,1-3H3/t16-,17?,18-,20-/m0/s1. The molecule has 142 valence electrons. The van der Waals surface area contributed by atoms with E-state index in [1.807, 2.05) is 6.07 Å². The third kappa shape index (κ3) is 6.39. The van der Waals surface area contributed by atoms with Crippen LogP contribution in [0.15, 0.2) is 35.2 Å². The average molecular weight is 369 g/mol. The van der Waals surface area contributed by atoms with Gasteiger partial charge in [0.05, 0.1) is 22.9 Å². The Bertz CT molecular complexity index is 599. The Morgan fingerprint density at radius 3 is 2.64 bits per heavy atom. The number of benzene rings is 1. The Morgan fingerprint density at radius 2 is 1.96 bits per heavy atom. The van der Waals surface area contributed by atoms with E-state index in [0.717, 1.165) is 25.9 Å². The van der Waals surface area contributed by atoms with Gasteiger partial charge in [-0.3, -0.25) is 0 Å². The van der Waals surface area contributed by atoms with Crippen LogP contribution in [0.4, 0.5) is 0 Å². The van der Waals surface area contributed by atoms with Gasteiger partial charge in [-0.2, -0.15) is 0 Å². The van der Waals surface area contributed by atoms with Crippen molar-refractivity contribution >= 4 is 9.84 Å². The number of hydrogen-bond acceptors (Lipinski definition) is 4. The largest absolute Gasteiger partial charge is 0.378 e. The van der Waals surface area contributed by atoms with Crippen LogP contribution in [-0.2, 0) is 19.3 Å². The molecule has 2 rings (SSSR count). The van der Waals surface area contributed by atoms with Crippen molar-refractivity contribution in [2.75, 3.05) is 19.0 Å². The third-order valence-electron chi connectivity index (χ3n) is 5.16. The molecule has 0 amide bonds. The van der Waals surface area contributed by atoms with Gasteiger partial charge in [0.25, 0.3) is 0 Å². The van der Waals surface area contributed by atoms with Crippen LogP contribution in [0.1, 0.15) is 46.5 Å². The van der Waals surface area contributed by atoms with Gasteiger partial charge in [0, 0.05) is 19.1 Å². The van der Waals surface area contributed by atoms with E-state index in [0.29, 0.717) is 17.4 Å². The van der Waals surface area contributed by atoms with E-state index in [2.05, 4.69) is 20.8 Å². The molecule has 1 saturated heterocycles. The summed E-state index contributed by atoms with van der Waals surface area (Å²) in [5.41, 5.74) is 0. The zero-order valence-electron chi connectivity index (χ0n) is 15.7. The zero-order valence-corrected chi connectivity index (χ0v) is 16.5. The van der Waals surface area contributed by atoms with Crippen molar-refractivity contribution in [1.29, 1.82) is 0 Å². The van der Waals surface area contributed by atoms with E-state index >= 15 is 0 Å². The molecule has 1 heterocycles. The summed E-state index contributed by atoms with van der Waals surface area (Å²) in [5, 5.41) is 0. The average Bonchev–Trinajstić information content (AvgIpc) is 3.01. The normalized spacial score (nSPS) is 23.5. The minimum atomic E-state index is -3.26. The van der Waals surface area contributed by atoms with Crippen LogP contribution in [0.5, 0.6) is 0 Å². The lowest BCUT2D eigenvalue weighted by molar-refractivity contribution is 0.00169. The molecule has 0 spiro atoms. The van der Waals surface area contributed by atoms with Gasteiger partial charge in [0.1, 0.15) is 0 Å². The third-order valence-corrected chi connectivity index (χ3v) is 7.01. The summed E-state index contributed by atoms with van der Waals surface area (Å²) in [4.78, 5) is 0.401. The topological polar surface area (TPSA) is 52.6 Å². The lowest BCUT2D eigenvalue weighted by Crippen LogP contribution is -2.28. The maximum atomic E-state index is 12.6. The quantitative estimate of drug-likeness (QED) is 0.624. The summed E-state index contributed by atoms with van der Waals surface area (Å²) in [5.74, 6) is 0.880. The molecular weight excluding hydrogens is 336 g/mol. The number of rotatable bonds is 10. The summed E-state index contributed by atoms with van der Waals surface area (Å²) in [7, 11) is -3.26. The van der Waals surface area contributed by atoms with Gasteiger partial charge in [0.2, 0.25) is 0 Å². The fourth-order valence-corrected chi connectivity index (χ4v) is 4.93. The van der Waals surface area contributed by atoms with Crippen LogP contribution in [0.2, 0.25) is 0 Å². The van der Waals surface area contributed by atoms with Crippen molar-refractivity contribution in [2.24, 2.45) is 11.8 Å². The van der Waals surface area contributed by atoms with Crippen molar-refractivity contribution in [3.63, 3.8) is 0 Å². The minimum Gasteiger partial charge on any atom is -0.378 e. The maximum absolute atomic E-state index is 12.6. The molecule has 1 unspecified atom stereocenters. The highest BCUT2D eigenvalue weighted by Gasteiger charge is 2.33. The highest BCUT2D eigenvalue weighted by Crippen LogP contribution is 2.28. The molecule has 0 radical (unpaired) electrons. The van der Waals surface area contributed by atoms with Gasteiger partial charge in [-0.25, -0.2) is 8.42 Å². The summed E-state index contributed by atoms with van der Waals surface area (Å²) in [6.07, 6.45) is 3.86. The fraction of sp³-hybridized carbons (Fsp3) is 0.700. The van der Waals surface area contributed by atoms with Gasteiger partial charge in [-0.1, -0.05) is 38.5 Å². The monoisotopic (exact) mass is 368 g/mol. The van der Waals surface area contributed by atoms with Crippen molar-refractivity contribution in [2.45, 2.75) is 63.6 Å². The van der Waals surface area contributed by atoms with Crippen LogP contribution in [0.3, 0.4) is 0 Å². The molecule has 4 atom stereocenters. The molecule has 0 bridgehead atoms. The van der Waals surface area contributed by atoms with Gasteiger partial charge in [-0.05, 0) is 44.2 Å². The second kappa shape index (κ2) is 9.70. The molecule has 1 aliphatic heterocycles. The Hall–Kier alpha value is -0.910. The van der Waals surface area contributed by atoms with Crippen molar-refractivity contribution in [3.05, 3.63) is 30.3 Å². The van der Waals surface area contributed by atoms with E-state index in [4.69, 9.17) is 9.47 Å². The molecule has 1 aromatic rings.